The minimum atomic E-state index is -0.736. The molecule has 0 aliphatic rings. The van der Waals surface area contributed by atoms with Crippen molar-refractivity contribution in [3.8, 4) is 11.5 Å². The number of nitrogens with zero attached hydrogens (tertiary/aromatic N) is 2. The predicted octanol–water partition coefficient (Wildman–Crippen LogP) is 1.18. The molecule has 16 heavy (non-hydrogen) atoms. The van der Waals surface area contributed by atoms with Crippen LogP contribution < -0.4 is 11.5 Å². The van der Waals surface area contributed by atoms with E-state index in [0.29, 0.717) is 11.3 Å². The lowest BCUT2D eigenvalue weighted by Gasteiger charge is -1.98. The number of nitrogen functional groups attached to an aromatic ring is 1. The van der Waals surface area contributed by atoms with Crippen molar-refractivity contribution in [2.24, 2.45) is 5.73 Å². The Balaban J connectivity index is 2.42. The molecule has 0 bridgehead atoms. The lowest BCUT2D eigenvalue weighted by Crippen LogP contribution is -2.12. The number of rotatable bonds is 2. The molecule has 6 nitrogen and oxygen atoms in total. The number of benzene rings is 1. The Morgan fingerprint density at radius 1 is 1.44 bits per heavy atom. The van der Waals surface area contributed by atoms with Gasteiger partial charge in [-0.15, -0.1) is 0 Å². The maximum Gasteiger partial charge on any atom is 0.290 e. The third kappa shape index (κ3) is 1.89. The molecule has 0 unspecified atom stereocenters. The van der Waals surface area contributed by atoms with E-state index in [9.17, 15) is 4.79 Å². The number of primary amides is 1. The second kappa shape index (κ2) is 3.93. The second-order valence-corrected chi connectivity index (χ2v) is 3.88. The molecule has 2 rings (SSSR count). The molecule has 1 aromatic heterocycles. The number of hydrogen-bond donors (Lipinski definition) is 2. The molecule has 0 aliphatic carbocycles. The molecule has 82 valence electrons. The van der Waals surface area contributed by atoms with Crippen molar-refractivity contribution in [1.29, 1.82) is 0 Å². The summed E-state index contributed by atoms with van der Waals surface area (Å²) in [7, 11) is 0. The molecule has 0 aliphatic heterocycles. The van der Waals surface area contributed by atoms with Crippen LogP contribution in [0.15, 0.2) is 27.2 Å². The van der Waals surface area contributed by atoms with Crippen molar-refractivity contribution >= 4 is 27.5 Å². The molecule has 4 N–H and O–H groups in total. The Hall–Kier alpha value is -1.89. The summed E-state index contributed by atoms with van der Waals surface area (Å²) in [6.07, 6.45) is 0. The molecule has 2 aromatic rings. The highest BCUT2D eigenvalue weighted by atomic mass is 79.9. The van der Waals surface area contributed by atoms with E-state index in [1.807, 2.05) is 0 Å². The fraction of sp³-hybridized carbons (Fsp3) is 0. The number of aromatic nitrogens is 2. The fourth-order valence-electron chi connectivity index (χ4n) is 1.12. The molecule has 0 spiro atoms. The molecule has 0 atom stereocenters. The number of carbonyl (C=O) groups is 1. The van der Waals surface area contributed by atoms with E-state index in [0.717, 1.165) is 4.47 Å². The summed E-state index contributed by atoms with van der Waals surface area (Å²) in [5.74, 6) is -0.690. The summed E-state index contributed by atoms with van der Waals surface area (Å²) in [5.41, 5.74) is 11.9. The maximum absolute atomic E-state index is 10.8. The van der Waals surface area contributed by atoms with Gasteiger partial charge in [0.25, 0.3) is 17.6 Å². The van der Waals surface area contributed by atoms with Crippen LogP contribution in [-0.2, 0) is 0 Å². The van der Waals surface area contributed by atoms with Crippen molar-refractivity contribution in [2.45, 2.75) is 0 Å². The third-order valence-corrected chi connectivity index (χ3v) is 2.61. The van der Waals surface area contributed by atoms with Crippen molar-refractivity contribution in [3.05, 3.63) is 28.5 Å². The Bertz CT molecular complexity index is 552. The number of amides is 1. The first-order valence-corrected chi connectivity index (χ1v) is 5.06. The van der Waals surface area contributed by atoms with Crippen LogP contribution in [0.4, 0.5) is 5.69 Å². The summed E-state index contributed by atoms with van der Waals surface area (Å²) < 4.78 is 5.64. The van der Waals surface area contributed by atoms with Gasteiger partial charge in [0.05, 0.1) is 0 Å². The number of halogens is 1. The zero-order chi connectivity index (χ0) is 11.7. The van der Waals surface area contributed by atoms with Gasteiger partial charge in [0.2, 0.25) is 0 Å². The predicted molar refractivity (Wildman–Crippen MR) is 60.4 cm³/mol. The van der Waals surface area contributed by atoms with Crippen LogP contribution >= 0.6 is 15.9 Å². The maximum atomic E-state index is 10.8. The monoisotopic (exact) mass is 282 g/mol. The molecular weight excluding hydrogens is 276 g/mol. The molecule has 0 fully saturated rings. The molecule has 7 heteroatoms. The third-order valence-electron chi connectivity index (χ3n) is 1.89. The first-order valence-electron chi connectivity index (χ1n) is 4.27. The van der Waals surface area contributed by atoms with Crippen molar-refractivity contribution in [2.75, 3.05) is 5.73 Å². The first-order chi connectivity index (χ1) is 7.58. The van der Waals surface area contributed by atoms with E-state index in [2.05, 4.69) is 26.1 Å². The Morgan fingerprint density at radius 2 is 2.19 bits per heavy atom. The van der Waals surface area contributed by atoms with Gasteiger partial charge in [-0.25, -0.2) is 0 Å². The number of nitrogens with two attached hydrogens (primary N) is 2. The SMILES string of the molecule is NC(=O)c1noc(-c2ccc(Br)c(N)c2)n1. The standard InChI is InChI=1S/C9H7BrN4O2/c10-5-2-1-4(3-6(5)11)9-13-8(7(12)15)14-16-9/h1-3H,11H2,(H2,12,15). The van der Waals surface area contributed by atoms with Crippen molar-refractivity contribution in [3.63, 3.8) is 0 Å². The molecule has 0 saturated heterocycles. The van der Waals surface area contributed by atoms with Crippen LogP contribution in [0, 0.1) is 0 Å². The van der Waals surface area contributed by atoms with E-state index in [1.54, 1.807) is 18.2 Å². The van der Waals surface area contributed by atoms with Crippen LogP contribution in [-0.4, -0.2) is 16.0 Å². The average molecular weight is 283 g/mol. The van der Waals surface area contributed by atoms with Gasteiger partial charge in [-0.2, -0.15) is 4.98 Å². The van der Waals surface area contributed by atoms with Crippen molar-refractivity contribution < 1.29 is 9.32 Å². The van der Waals surface area contributed by atoms with E-state index < -0.39 is 5.91 Å². The Labute approximate surface area is 98.7 Å². The highest BCUT2D eigenvalue weighted by Gasteiger charge is 2.13. The van der Waals surface area contributed by atoms with Crippen LogP contribution in [0.3, 0.4) is 0 Å². The van der Waals surface area contributed by atoms with Gasteiger partial charge >= 0.3 is 0 Å². The first kappa shape index (κ1) is 10.6. The molecule has 1 aromatic carbocycles. The summed E-state index contributed by atoms with van der Waals surface area (Å²) in [5, 5.41) is 3.43. The largest absolute Gasteiger partial charge is 0.398 e. The normalized spacial score (nSPS) is 10.3. The Morgan fingerprint density at radius 3 is 2.75 bits per heavy atom. The molecular formula is C9H7BrN4O2. The van der Waals surface area contributed by atoms with Gasteiger partial charge in [0, 0.05) is 15.7 Å². The summed E-state index contributed by atoms with van der Waals surface area (Å²) in [4.78, 5) is 14.6. The minimum Gasteiger partial charge on any atom is -0.398 e. The van der Waals surface area contributed by atoms with Gasteiger partial charge in [-0.05, 0) is 34.1 Å². The molecule has 1 heterocycles. The fourth-order valence-corrected chi connectivity index (χ4v) is 1.36. The summed E-state index contributed by atoms with van der Waals surface area (Å²) in [6, 6.07) is 5.14. The van der Waals surface area contributed by atoms with Gasteiger partial charge in [0.15, 0.2) is 0 Å². The van der Waals surface area contributed by atoms with Crippen LogP contribution in [0.2, 0.25) is 0 Å². The van der Waals surface area contributed by atoms with E-state index in [1.165, 1.54) is 0 Å². The lowest BCUT2D eigenvalue weighted by molar-refractivity contribution is 0.0987. The highest BCUT2D eigenvalue weighted by molar-refractivity contribution is 9.10. The zero-order valence-corrected chi connectivity index (χ0v) is 9.56. The van der Waals surface area contributed by atoms with Gasteiger partial charge in [0.1, 0.15) is 0 Å². The summed E-state index contributed by atoms with van der Waals surface area (Å²) in [6.45, 7) is 0. The van der Waals surface area contributed by atoms with Gasteiger partial charge < -0.3 is 16.0 Å². The second-order valence-electron chi connectivity index (χ2n) is 3.02. The van der Waals surface area contributed by atoms with E-state index >= 15 is 0 Å². The van der Waals surface area contributed by atoms with Crippen LogP contribution in [0.5, 0.6) is 0 Å². The topological polar surface area (TPSA) is 108 Å². The van der Waals surface area contributed by atoms with Gasteiger partial charge in [-0.1, -0.05) is 5.16 Å². The average Bonchev–Trinajstić information content (AvgIpc) is 2.71. The van der Waals surface area contributed by atoms with E-state index in [4.69, 9.17) is 16.0 Å². The summed E-state index contributed by atoms with van der Waals surface area (Å²) >= 11 is 3.26. The molecule has 0 saturated carbocycles. The minimum absolute atomic E-state index is 0.156. The lowest BCUT2D eigenvalue weighted by atomic mass is 10.2. The number of carbonyl (C=O) groups excluding carboxylic acids is 1. The van der Waals surface area contributed by atoms with Gasteiger partial charge in [-0.3, -0.25) is 4.79 Å². The quantitative estimate of drug-likeness (QED) is 0.804. The zero-order valence-electron chi connectivity index (χ0n) is 7.98. The molecule has 1 amide bonds. The Kier molecular flexibility index (Phi) is 2.61. The smallest absolute Gasteiger partial charge is 0.290 e. The molecule has 0 radical (unpaired) electrons. The van der Waals surface area contributed by atoms with E-state index in [-0.39, 0.29) is 11.7 Å². The van der Waals surface area contributed by atoms with Crippen LogP contribution in [0.25, 0.3) is 11.5 Å². The number of hydrogen-bond acceptors (Lipinski definition) is 5. The highest BCUT2D eigenvalue weighted by Crippen LogP contribution is 2.25. The van der Waals surface area contributed by atoms with Crippen molar-refractivity contribution in [1.82, 2.24) is 10.1 Å². The van der Waals surface area contributed by atoms with Crippen LogP contribution in [0.1, 0.15) is 10.6 Å². The number of anilines is 1.